The molecule has 3 aromatic rings. The van der Waals surface area contributed by atoms with Crippen LogP contribution in [0.3, 0.4) is 0 Å². The second-order valence-corrected chi connectivity index (χ2v) is 6.81. The first-order valence-corrected chi connectivity index (χ1v) is 8.72. The summed E-state index contributed by atoms with van der Waals surface area (Å²) in [5.41, 5.74) is -0.496. The van der Waals surface area contributed by atoms with Gasteiger partial charge in [0.2, 0.25) is 0 Å². The van der Waals surface area contributed by atoms with Gasteiger partial charge in [-0.05, 0) is 34.2 Å². The molecule has 1 heterocycles. The van der Waals surface area contributed by atoms with E-state index in [-0.39, 0.29) is 11.3 Å². The van der Waals surface area contributed by atoms with E-state index < -0.39 is 27.6 Å². The van der Waals surface area contributed by atoms with Crippen LogP contribution in [-0.4, -0.2) is 28.6 Å². The number of alkyl halides is 3. The van der Waals surface area contributed by atoms with E-state index >= 15 is 0 Å². The van der Waals surface area contributed by atoms with Crippen molar-refractivity contribution >= 4 is 10.1 Å². The molecule has 0 bridgehead atoms. The zero-order valence-electron chi connectivity index (χ0n) is 13.0. The summed E-state index contributed by atoms with van der Waals surface area (Å²) in [6.07, 6.45) is -3.24. The zero-order valence-corrected chi connectivity index (χ0v) is 13.8. The normalized spacial score (nSPS) is 12.1. The molecule has 0 fully saturated rings. The van der Waals surface area contributed by atoms with E-state index in [9.17, 15) is 21.6 Å². The highest BCUT2D eigenvalue weighted by molar-refractivity contribution is 7.86. The standard InChI is InChI=1S/C15H11F3N4O3S/c16-15(17,18)12-4-1-3-11(7-12)9-26(23,24)25-14-6-2-5-13(8-14)22-10-19-20-21-22/h1-8,10H,9H2. The van der Waals surface area contributed by atoms with E-state index in [0.29, 0.717) is 5.69 Å². The average Bonchev–Trinajstić information content (AvgIpc) is 3.08. The molecule has 0 aliphatic rings. The predicted molar refractivity (Wildman–Crippen MR) is 83.8 cm³/mol. The van der Waals surface area contributed by atoms with Gasteiger partial charge in [0.05, 0.1) is 11.3 Å². The van der Waals surface area contributed by atoms with Gasteiger partial charge in [-0.15, -0.1) is 5.10 Å². The van der Waals surface area contributed by atoms with Crippen molar-refractivity contribution < 1.29 is 25.8 Å². The predicted octanol–water partition coefficient (Wildman–Crippen LogP) is 2.59. The number of benzene rings is 2. The van der Waals surface area contributed by atoms with Crippen LogP contribution in [0.25, 0.3) is 5.69 Å². The van der Waals surface area contributed by atoms with Crippen LogP contribution >= 0.6 is 0 Å². The Kier molecular flexibility index (Phi) is 4.64. The molecule has 26 heavy (non-hydrogen) atoms. The summed E-state index contributed by atoms with van der Waals surface area (Å²) in [5, 5.41) is 10.6. The minimum atomic E-state index is -4.55. The lowest BCUT2D eigenvalue weighted by Gasteiger charge is -2.10. The van der Waals surface area contributed by atoms with E-state index in [1.807, 2.05) is 0 Å². The van der Waals surface area contributed by atoms with Gasteiger partial charge in [-0.3, -0.25) is 0 Å². The first kappa shape index (κ1) is 17.9. The number of halogens is 3. The third-order valence-corrected chi connectivity index (χ3v) is 4.39. The Balaban J connectivity index is 1.79. The third kappa shape index (κ3) is 4.36. The van der Waals surface area contributed by atoms with Crippen LogP contribution in [0.5, 0.6) is 5.75 Å². The highest BCUT2D eigenvalue weighted by Crippen LogP contribution is 2.30. The molecule has 0 unspecified atom stereocenters. The van der Waals surface area contributed by atoms with Gasteiger partial charge in [0.1, 0.15) is 17.8 Å². The van der Waals surface area contributed by atoms with Crippen molar-refractivity contribution in [3.05, 3.63) is 66.0 Å². The zero-order chi connectivity index (χ0) is 18.8. The fourth-order valence-electron chi connectivity index (χ4n) is 2.18. The minimum absolute atomic E-state index is 0.00928. The van der Waals surface area contributed by atoms with E-state index in [1.54, 1.807) is 6.07 Å². The molecule has 2 aromatic carbocycles. The summed E-state index contributed by atoms with van der Waals surface area (Å²) < 4.78 is 68.8. The van der Waals surface area contributed by atoms with Crippen molar-refractivity contribution in [2.24, 2.45) is 0 Å². The Morgan fingerprint density at radius 1 is 1.08 bits per heavy atom. The molecule has 136 valence electrons. The van der Waals surface area contributed by atoms with Crippen LogP contribution in [0.2, 0.25) is 0 Å². The minimum Gasteiger partial charge on any atom is -0.382 e. The van der Waals surface area contributed by atoms with E-state index in [4.69, 9.17) is 4.18 Å². The Bertz CT molecular complexity index is 1000. The van der Waals surface area contributed by atoms with Crippen LogP contribution in [0.4, 0.5) is 13.2 Å². The van der Waals surface area contributed by atoms with Gasteiger partial charge in [0.25, 0.3) is 0 Å². The van der Waals surface area contributed by atoms with E-state index in [1.165, 1.54) is 35.3 Å². The summed E-state index contributed by atoms with van der Waals surface area (Å²) in [4.78, 5) is 0. The maximum Gasteiger partial charge on any atom is 0.416 e. The maximum atomic E-state index is 12.7. The summed E-state index contributed by atoms with van der Waals surface area (Å²) in [5.74, 6) is -0.712. The molecule has 7 nitrogen and oxygen atoms in total. The molecular weight excluding hydrogens is 373 g/mol. The number of rotatable bonds is 5. The van der Waals surface area contributed by atoms with Gasteiger partial charge in [0, 0.05) is 6.07 Å². The van der Waals surface area contributed by atoms with Crippen molar-refractivity contribution in [1.29, 1.82) is 0 Å². The van der Waals surface area contributed by atoms with Gasteiger partial charge >= 0.3 is 16.3 Å². The monoisotopic (exact) mass is 384 g/mol. The van der Waals surface area contributed by atoms with Gasteiger partial charge in [-0.2, -0.15) is 21.6 Å². The van der Waals surface area contributed by atoms with Crippen molar-refractivity contribution in [2.45, 2.75) is 11.9 Å². The van der Waals surface area contributed by atoms with Gasteiger partial charge < -0.3 is 4.18 Å². The molecule has 0 atom stereocenters. The lowest BCUT2D eigenvalue weighted by Crippen LogP contribution is -2.13. The highest BCUT2D eigenvalue weighted by Gasteiger charge is 2.30. The number of nitrogens with zero attached hydrogens (tertiary/aromatic N) is 4. The van der Waals surface area contributed by atoms with Crippen molar-refractivity contribution in [3.8, 4) is 11.4 Å². The second-order valence-electron chi connectivity index (χ2n) is 5.24. The van der Waals surface area contributed by atoms with Gasteiger partial charge in [0.15, 0.2) is 0 Å². The average molecular weight is 384 g/mol. The van der Waals surface area contributed by atoms with Crippen LogP contribution in [0, 0.1) is 0 Å². The molecule has 0 spiro atoms. The fraction of sp³-hybridized carbons (Fsp3) is 0.133. The van der Waals surface area contributed by atoms with Crippen LogP contribution in [0.15, 0.2) is 54.9 Å². The van der Waals surface area contributed by atoms with Crippen LogP contribution < -0.4 is 4.18 Å². The second kappa shape index (κ2) is 6.75. The molecule has 0 N–H and O–H groups in total. The molecule has 1 aromatic heterocycles. The lowest BCUT2D eigenvalue weighted by atomic mass is 10.1. The SMILES string of the molecule is O=S(=O)(Cc1cccc(C(F)(F)F)c1)Oc1cccc(-n2cnnn2)c1. The first-order chi connectivity index (χ1) is 12.2. The Labute approximate surface area is 146 Å². The largest absolute Gasteiger partial charge is 0.416 e. The topological polar surface area (TPSA) is 87.0 Å². The molecule has 0 aliphatic heterocycles. The maximum absolute atomic E-state index is 12.7. The quantitative estimate of drug-likeness (QED) is 0.629. The molecule has 0 saturated carbocycles. The Hall–Kier alpha value is -2.95. The fourth-order valence-corrected chi connectivity index (χ4v) is 3.22. The number of aromatic nitrogens is 4. The number of hydrogen-bond acceptors (Lipinski definition) is 6. The number of hydrogen-bond donors (Lipinski definition) is 0. The highest BCUT2D eigenvalue weighted by atomic mass is 32.2. The van der Waals surface area contributed by atoms with E-state index in [2.05, 4.69) is 15.5 Å². The van der Waals surface area contributed by atoms with Crippen molar-refractivity contribution in [1.82, 2.24) is 20.2 Å². The molecule has 0 amide bonds. The van der Waals surface area contributed by atoms with Gasteiger partial charge in [-0.25, -0.2) is 4.68 Å². The molecular formula is C15H11F3N4O3S. The summed E-state index contributed by atoms with van der Waals surface area (Å²) in [7, 11) is -4.16. The molecule has 0 saturated heterocycles. The lowest BCUT2D eigenvalue weighted by molar-refractivity contribution is -0.137. The first-order valence-electron chi connectivity index (χ1n) is 7.15. The summed E-state index contributed by atoms with van der Waals surface area (Å²) >= 11 is 0. The molecule has 0 radical (unpaired) electrons. The summed E-state index contributed by atoms with van der Waals surface area (Å²) in [6.45, 7) is 0. The van der Waals surface area contributed by atoms with Crippen LogP contribution in [0.1, 0.15) is 11.1 Å². The number of tetrazole rings is 1. The Morgan fingerprint density at radius 3 is 2.54 bits per heavy atom. The molecule has 0 aliphatic carbocycles. The Morgan fingerprint density at radius 2 is 1.85 bits per heavy atom. The van der Waals surface area contributed by atoms with E-state index in [0.717, 1.165) is 18.2 Å². The van der Waals surface area contributed by atoms with Crippen molar-refractivity contribution in [2.75, 3.05) is 0 Å². The van der Waals surface area contributed by atoms with Gasteiger partial charge in [-0.1, -0.05) is 24.3 Å². The van der Waals surface area contributed by atoms with Crippen LogP contribution in [-0.2, 0) is 22.0 Å². The molecule has 3 rings (SSSR count). The summed E-state index contributed by atoms with van der Waals surface area (Å²) in [6, 6.07) is 10.0. The smallest absolute Gasteiger partial charge is 0.382 e. The van der Waals surface area contributed by atoms with Crippen molar-refractivity contribution in [3.63, 3.8) is 0 Å². The third-order valence-electron chi connectivity index (χ3n) is 3.25. The molecule has 11 heteroatoms.